The van der Waals surface area contributed by atoms with Crippen LogP contribution in [0.2, 0.25) is 0 Å². The molecule has 1 atom stereocenters. The van der Waals surface area contributed by atoms with Gasteiger partial charge < -0.3 is 5.32 Å². The average Bonchev–Trinajstić information content (AvgIpc) is 2.69. The zero-order chi connectivity index (χ0) is 19.3. The van der Waals surface area contributed by atoms with Gasteiger partial charge in [-0.25, -0.2) is 8.42 Å². The third kappa shape index (κ3) is 5.11. The summed E-state index contributed by atoms with van der Waals surface area (Å²) in [6, 6.07) is 7.16. The topological polar surface area (TPSA) is 66.5 Å². The van der Waals surface area contributed by atoms with Gasteiger partial charge in [-0.1, -0.05) is 44.7 Å². The molecule has 0 unspecified atom stereocenters. The molecule has 0 bridgehead atoms. The summed E-state index contributed by atoms with van der Waals surface area (Å²) in [4.78, 5) is 12.9. The van der Waals surface area contributed by atoms with Crippen molar-refractivity contribution in [3.8, 4) is 0 Å². The summed E-state index contributed by atoms with van der Waals surface area (Å²) in [7, 11) is -3.51. The van der Waals surface area contributed by atoms with E-state index in [1.807, 2.05) is 12.1 Å². The van der Waals surface area contributed by atoms with Crippen molar-refractivity contribution >= 4 is 15.9 Å². The molecule has 1 aliphatic carbocycles. The van der Waals surface area contributed by atoms with Gasteiger partial charge in [0.05, 0.1) is 4.90 Å². The Hall–Kier alpha value is -1.40. The Bertz CT molecular complexity index is 724. The molecule has 2 aliphatic rings. The minimum absolute atomic E-state index is 0.0812. The first-order valence-electron chi connectivity index (χ1n) is 10.4. The fourth-order valence-electron chi connectivity index (χ4n) is 4.23. The molecule has 6 heteroatoms. The van der Waals surface area contributed by atoms with Crippen molar-refractivity contribution in [3.05, 3.63) is 29.8 Å². The van der Waals surface area contributed by atoms with E-state index in [4.69, 9.17) is 0 Å². The number of carbonyl (C=O) groups is 1. The van der Waals surface area contributed by atoms with Crippen LogP contribution in [0.1, 0.15) is 63.9 Å². The quantitative estimate of drug-likeness (QED) is 0.806. The van der Waals surface area contributed by atoms with Gasteiger partial charge in [0.15, 0.2) is 0 Å². The monoisotopic (exact) mass is 392 g/mol. The Kier molecular flexibility index (Phi) is 6.93. The van der Waals surface area contributed by atoms with Gasteiger partial charge in [0.2, 0.25) is 15.9 Å². The van der Waals surface area contributed by atoms with Crippen LogP contribution in [0.25, 0.3) is 0 Å². The first kappa shape index (κ1) is 20.3. The number of aryl methyl sites for hydroxylation is 1. The summed E-state index contributed by atoms with van der Waals surface area (Å²) in [5, 5.41) is 3.12. The van der Waals surface area contributed by atoms with Crippen LogP contribution in [0.5, 0.6) is 0 Å². The lowest BCUT2D eigenvalue weighted by Gasteiger charge is -2.33. The molecule has 2 fully saturated rings. The molecule has 0 radical (unpaired) electrons. The normalized spacial score (nSPS) is 22.5. The first-order valence-corrected chi connectivity index (χ1v) is 11.8. The number of carbonyl (C=O) groups excluding carboxylic acids is 1. The lowest BCUT2D eigenvalue weighted by atomic mass is 9.88. The summed E-state index contributed by atoms with van der Waals surface area (Å²) >= 11 is 0. The highest BCUT2D eigenvalue weighted by atomic mass is 32.2. The van der Waals surface area contributed by atoms with Gasteiger partial charge in [-0.05, 0) is 49.8 Å². The fourth-order valence-corrected chi connectivity index (χ4v) is 5.75. The summed E-state index contributed by atoms with van der Waals surface area (Å²) in [6.07, 6.45) is 9.02. The number of piperidine rings is 1. The van der Waals surface area contributed by atoms with E-state index < -0.39 is 10.0 Å². The van der Waals surface area contributed by atoms with Gasteiger partial charge >= 0.3 is 0 Å². The summed E-state index contributed by atoms with van der Waals surface area (Å²) in [6.45, 7) is 3.01. The van der Waals surface area contributed by atoms with E-state index in [-0.39, 0.29) is 17.9 Å². The Morgan fingerprint density at radius 2 is 1.78 bits per heavy atom. The van der Waals surface area contributed by atoms with E-state index in [1.54, 1.807) is 12.1 Å². The zero-order valence-corrected chi connectivity index (χ0v) is 17.1. The Labute approximate surface area is 163 Å². The van der Waals surface area contributed by atoms with Crippen LogP contribution in [0, 0.1) is 5.92 Å². The van der Waals surface area contributed by atoms with E-state index in [1.165, 1.54) is 10.7 Å². The summed E-state index contributed by atoms with van der Waals surface area (Å²) < 4.78 is 27.5. The summed E-state index contributed by atoms with van der Waals surface area (Å²) in [5.41, 5.74) is 1.16. The van der Waals surface area contributed by atoms with Gasteiger partial charge in [-0.2, -0.15) is 4.31 Å². The molecule has 1 heterocycles. The fraction of sp³-hybridized carbons (Fsp3) is 0.667. The van der Waals surface area contributed by atoms with Crippen LogP contribution >= 0.6 is 0 Å². The molecule has 1 N–H and O–H groups in total. The van der Waals surface area contributed by atoms with Crippen LogP contribution < -0.4 is 5.32 Å². The predicted octanol–water partition coefficient (Wildman–Crippen LogP) is 3.49. The molecule has 1 saturated heterocycles. The minimum Gasteiger partial charge on any atom is -0.352 e. The van der Waals surface area contributed by atoms with Gasteiger partial charge in [0.1, 0.15) is 0 Å². The van der Waals surface area contributed by atoms with E-state index >= 15 is 0 Å². The van der Waals surface area contributed by atoms with Crippen molar-refractivity contribution in [2.75, 3.05) is 13.1 Å². The first-order chi connectivity index (χ1) is 13.0. The van der Waals surface area contributed by atoms with Gasteiger partial charge in [-0.15, -0.1) is 0 Å². The highest BCUT2D eigenvalue weighted by molar-refractivity contribution is 7.89. The maximum Gasteiger partial charge on any atom is 0.243 e. The van der Waals surface area contributed by atoms with Crippen LogP contribution in [0.4, 0.5) is 0 Å². The van der Waals surface area contributed by atoms with Crippen molar-refractivity contribution in [3.63, 3.8) is 0 Å². The molecule has 27 heavy (non-hydrogen) atoms. The molecule has 1 aromatic carbocycles. The molecule has 1 saturated carbocycles. The number of sulfonamides is 1. The van der Waals surface area contributed by atoms with Crippen molar-refractivity contribution in [2.24, 2.45) is 5.92 Å². The molecule has 1 aliphatic heterocycles. The van der Waals surface area contributed by atoms with Crippen LogP contribution in [-0.2, 0) is 21.2 Å². The molecule has 3 rings (SSSR count). The van der Waals surface area contributed by atoms with Gasteiger partial charge in [-0.3, -0.25) is 4.79 Å². The van der Waals surface area contributed by atoms with E-state index in [2.05, 4.69) is 12.2 Å². The van der Waals surface area contributed by atoms with E-state index in [0.29, 0.717) is 18.0 Å². The minimum atomic E-state index is -3.51. The van der Waals surface area contributed by atoms with E-state index in [0.717, 1.165) is 56.9 Å². The van der Waals surface area contributed by atoms with Gasteiger partial charge in [0, 0.05) is 25.0 Å². The lowest BCUT2D eigenvalue weighted by molar-refractivity contribution is -0.126. The van der Waals surface area contributed by atoms with Crippen LogP contribution in [-0.4, -0.2) is 37.8 Å². The number of nitrogens with zero attached hydrogens (tertiary/aromatic N) is 1. The zero-order valence-electron chi connectivity index (χ0n) is 16.3. The molecule has 0 aromatic heterocycles. The van der Waals surface area contributed by atoms with Crippen LogP contribution in [0.3, 0.4) is 0 Å². The maximum atomic E-state index is 13.0. The Morgan fingerprint density at radius 1 is 1.07 bits per heavy atom. The van der Waals surface area contributed by atoms with Crippen molar-refractivity contribution < 1.29 is 13.2 Å². The second-order valence-electron chi connectivity index (χ2n) is 7.94. The second-order valence-corrected chi connectivity index (χ2v) is 9.88. The summed E-state index contributed by atoms with van der Waals surface area (Å²) in [5.74, 6) is 0.222. The smallest absolute Gasteiger partial charge is 0.243 e. The number of hydrogen-bond acceptors (Lipinski definition) is 3. The molecule has 150 valence electrons. The van der Waals surface area contributed by atoms with E-state index in [9.17, 15) is 13.2 Å². The number of amides is 1. The second kappa shape index (κ2) is 9.20. The maximum absolute atomic E-state index is 13.0. The average molecular weight is 393 g/mol. The third-order valence-corrected chi connectivity index (χ3v) is 7.69. The Balaban J connectivity index is 1.63. The molecular weight excluding hydrogens is 360 g/mol. The standard InChI is InChI=1S/C21H32N2O3S/c1-2-7-17-11-13-20(14-12-17)27(25,26)23-15-6-10-19(16-23)22-21(24)18-8-4-3-5-9-18/h11-14,18-19H,2-10,15-16H2,1H3,(H,22,24)/t19-/m1/s1. The highest BCUT2D eigenvalue weighted by Crippen LogP contribution is 2.25. The largest absolute Gasteiger partial charge is 0.352 e. The van der Waals surface area contributed by atoms with Crippen LogP contribution in [0.15, 0.2) is 29.2 Å². The molecule has 0 spiro atoms. The Morgan fingerprint density at radius 3 is 2.44 bits per heavy atom. The van der Waals surface area contributed by atoms with Crippen molar-refractivity contribution in [1.82, 2.24) is 9.62 Å². The lowest BCUT2D eigenvalue weighted by Crippen LogP contribution is -2.50. The van der Waals surface area contributed by atoms with Crippen molar-refractivity contribution in [1.29, 1.82) is 0 Å². The third-order valence-electron chi connectivity index (χ3n) is 5.81. The number of hydrogen-bond donors (Lipinski definition) is 1. The highest BCUT2D eigenvalue weighted by Gasteiger charge is 2.32. The number of nitrogens with one attached hydrogen (secondary N) is 1. The number of benzene rings is 1. The molecular formula is C21H32N2O3S. The SMILES string of the molecule is CCCc1ccc(S(=O)(=O)N2CCC[C@@H](NC(=O)C3CCCCC3)C2)cc1. The number of rotatable bonds is 6. The molecule has 1 amide bonds. The van der Waals surface area contributed by atoms with Gasteiger partial charge in [0.25, 0.3) is 0 Å². The molecule has 5 nitrogen and oxygen atoms in total. The predicted molar refractivity (Wildman–Crippen MR) is 107 cm³/mol. The van der Waals surface area contributed by atoms with Crippen molar-refractivity contribution in [2.45, 2.75) is 75.6 Å². The molecule has 1 aromatic rings.